The first-order valence-corrected chi connectivity index (χ1v) is 6.31. The molecule has 1 fully saturated rings. The molecule has 1 aliphatic carbocycles. The van der Waals surface area contributed by atoms with E-state index in [1.807, 2.05) is 6.08 Å². The molecular formula is C14H26O2. The molecule has 0 aromatic heterocycles. The number of aliphatic hydroxyl groups excluding tert-OH is 2. The minimum Gasteiger partial charge on any atom is -0.393 e. The van der Waals surface area contributed by atoms with Gasteiger partial charge in [0, 0.05) is 0 Å². The first kappa shape index (κ1) is 13.7. The third kappa shape index (κ3) is 2.67. The zero-order chi connectivity index (χ0) is 12.5. The molecule has 0 aliphatic heterocycles. The van der Waals surface area contributed by atoms with Crippen molar-refractivity contribution in [2.45, 2.75) is 53.2 Å². The van der Waals surface area contributed by atoms with Crippen LogP contribution in [0.25, 0.3) is 0 Å². The Labute approximate surface area is 99.4 Å². The van der Waals surface area contributed by atoms with E-state index in [9.17, 15) is 10.2 Å². The molecule has 1 rings (SSSR count). The molecule has 0 bridgehead atoms. The van der Waals surface area contributed by atoms with Crippen LogP contribution in [0.2, 0.25) is 0 Å². The van der Waals surface area contributed by atoms with E-state index in [2.05, 4.69) is 33.8 Å². The summed E-state index contributed by atoms with van der Waals surface area (Å²) in [6, 6.07) is 0. The second-order valence-corrected chi connectivity index (χ2v) is 6.04. The fraction of sp³-hybridized carbons (Fsp3) is 0.857. The Morgan fingerprint density at radius 1 is 1.31 bits per heavy atom. The van der Waals surface area contributed by atoms with Crippen LogP contribution in [0.3, 0.4) is 0 Å². The zero-order valence-corrected chi connectivity index (χ0v) is 11.1. The molecule has 0 unspecified atom stereocenters. The maximum atomic E-state index is 10.0. The van der Waals surface area contributed by atoms with Crippen LogP contribution in [0.15, 0.2) is 12.2 Å². The molecule has 0 spiro atoms. The minimum absolute atomic E-state index is 0.185. The van der Waals surface area contributed by atoms with Crippen LogP contribution in [-0.4, -0.2) is 22.4 Å². The molecule has 94 valence electrons. The van der Waals surface area contributed by atoms with Crippen molar-refractivity contribution in [3.05, 3.63) is 12.2 Å². The average Bonchev–Trinajstić information content (AvgIpc) is 2.14. The molecule has 2 N–H and O–H groups in total. The molecule has 5 atom stereocenters. The van der Waals surface area contributed by atoms with Gasteiger partial charge in [-0.1, -0.05) is 39.8 Å². The maximum absolute atomic E-state index is 10.0. The Morgan fingerprint density at radius 3 is 2.38 bits per heavy atom. The van der Waals surface area contributed by atoms with E-state index in [1.54, 1.807) is 6.92 Å². The molecule has 0 aromatic carbocycles. The molecular weight excluding hydrogens is 200 g/mol. The fourth-order valence-corrected chi connectivity index (χ4v) is 2.83. The van der Waals surface area contributed by atoms with Crippen LogP contribution < -0.4 is 0 Å². The molecule has 2 heteroatoms. The average molecular weight is 226 g/mol. The van der Waals surface area contributed by atoms with Gasteiger partial charge in [-0.3, -0.25) is 0 Å². The van der Waals surface area contributed by atoms with Gasteiger partial charge in [0.1, 0.15) is 0 Å². The van der Waals surface area contributed by atoms with Gasteiger partial charge in [0.05, 0.1) is 12.2 Å². The van der Waals surface area contributed by atoms with Gasteiger partial charge in [0.2, 0.25) is 0 Å². The van der Waals surface area contributed by atoms with Crippen LogP contribution in [0.1, 0.15) is 41.0 Å². The summed E-state index contributed by atoms with van der Waals surface area (Å²) in [5.41, 5.74) is 0.185. The first-order chi connectivity index (χ1) is 7.26. The standard InChI is InChI=1S/C14H26O2/c1-9-8-13(16)11(3)12(14(9,4)5)7-6-10(2)15/h6-7,9-13,15-16H,8H2,1-5H3/b7-6+/t9-,10-,11+,12+,13-/m0/s1. The number of rotatable bonds is 2. The van der Waals surface area contributed by atoms with Crippen molar-refractivity contribution in [2.24, 2.45) is 23.2 Å². The summed E-state index contributed by atoms with van der Waals surface area (Å²) >= 11 is 0. The minimum atomic E-state index is -0.405. The van der Waals surface area contributed by atoms with Crippen molar-refractivity contribution in [1.82, 2.24) is 0 Å². The van der Waals surface area contributed by atoms with E-state index in [4.69, 9.17) is 0 Å². The van der Waals surface area contributed by atoms with E-state index in [0.717, 1.165) is 6.42 Å². The predicted molar refractivity (Wildman–Crippen MR) is 67.0 cm³/mol. The Balaban J connectivity index is 2.90. The monoisotopic (exact) mass is 226 g/mol. The highest BCUT2D eigenvalue weighted by Crippen LogP contribution is 2.48. The molecule has 0 aromatic rings. The van der Waals surface area contributed by atoms with Gasteiger partial charge in [0.25, 0.3) is 0 Å². The van der Waals surface area contributed by atoms with Gasteiger partial charge in [-0.2, -0.15) is 0 Å². The molecule has 1 saturated carbocycles. The number of allylic oxidation sites excluding steroid dienone is 1. The van der Waals surface area contributed by atoms with E-state index in [0.29, 0.717) is 11.8 Å². The fourth-order valence-electron chi connectivity index (χ4n) is 2.83. The molecule has 0 heterocycles. The van der Waals surface area contributed by atoms with E-state index >= 15 is 0 Å². The Morgan fingerprint density at radius 2 is 1.88 bits per heavy atom. The predicted octanol–water partition coefficient (Wildman–Crippen LogP) is 2.60. The second kappa shape index (κ2) is 4.89. The SMILES string of the molecule is C[C@@H]1[C@@H](/C=C/[C@H](C)O)C(C)(C)[C@@H](C)C[C@@H]1O. The van der Waals surface area contributed by atoms with Crippen LogP contribution in [0.4, 0.5) is 0 Å². The van der Waals surface area contributed by atoms with Crippen molar-refractivity contribution < 1.29 is 10.2 Å². The van der Waals surface area contributed by atoms with Crippen LogP contribution in [0, 0.1) is 23.2 Å². The largest absolute Gasteiger partial charge is 0.393 e. The van der Waals surface area contributed by atoms with Crippen molar-refractivity contribution in [3.8, 4) is 0 Å². The second-order valence-electron chi connectivity index (χ2n) is 6.04. The van der Waals surface area contributed by atoms with Crippen molar-refractivity contribution in [1.29, 1.82) is 0 Å². The van der Waals surface area contributed by atoms with Gasteiger partial charge in [-0.05, 0) is 36.5 Å². The zero-order valence-electron chi connectivity index (χ0n) is 11.1. The van der Waals surface area contributed by atoms with Crippen LogP contribution in [0.5, 0.6) is 0 Å². The van der Waals surface area contributed by atoms with E-state index in [1.165, 1.54) is 0 Å². The molecule has 0 saturated heterocycles. The van der Waals surface area contributed by atoms with Crippen LogP contribution in [-0.2, 0) is 0 Å². The Kier molecular flexibility index (Phi) is 4.19. The van der Waals surface area contributed by atoms with Gasteiger partial charge in [-0.15, -0.1) is 0 Å². The molecule has 2 nitrogen and oxygen atoms in total. The topological polar surface area (TPSA) is 40.5 Å². The summed E-state index contributed by atoms with van der Waals surface area (Å²) in [6.45, 7) is 10.6. The van der Waals surface area contributed by atoms with E-state index < -0.39 is 6.10 Å². The summed E-state index contributed by atoms with van der Waals surface area (Å²) < 4.78 is 0. The lowest BCUT2D eigenvalue weighted by Gasteiger charge is -2.48. The highest BCUT2D eigenvalue weighted by atomic mass is 16.3. The first-order valence-electron chi connectivity index (χ1n) is 6.31. The highest BCUT2D eigenvalue weighted by molar-refractivity contribution is 5.05. The third-order valence-corrected chi connectivity index (χ3v) is 4.49. The lowest BCUT2D eigenvalue weighted by molar-refractivity contribution is -0.0415. The summed E-state index contributed by atoms with van der Waals surface area (Å²) in [5.74, 6) is 1.10. The van der Waals surface area contributed by atoms with E-state index in [-0.39, 0.29) is 17.4 Å². The Hall–Kier alpha value is -0.340. The smallest absolute Gasteiger partial charge is 0.0692 e. The summed E-state index contributed by atoms with van der Waals surface area (Å²) in [7, 11) is 0. The van der Waals surface area contributed by atoms with Gasteiger partial charge in [0.15, 0.2) is 0 Å². The third-order valence-electron chi connectivity index (χ3n) is 4.49. The number of aliphatic hydroxyl groups is 2. The normalized spacial score (nSPS) is 41.2. The lowest BCUT2D eigenvalue weighted by Crippen LogP contribution is -2.45. The molecule has 16 heavy (non-hydrogen) atoms. The highest BCUT2D eigenvalue weighted by Gasteiger charge is 2.44. The molecule has 1 aliphatic rings. The van der Waals surface area contributed by atoms with Crippen LogP contribution >= 0.6 is 0 Å². The van der Waals surface area contributed by atoms with Gasteiger partial charge >= 0.3 is 0 Å². The lowest BCUT2D eigenvalue weighted by atomic mass is 9.58. The number of hydrogen-bond acceptors (Lipinski definition) is 2. The van der Waals surface area contributed by atoms with Crippen molar-refractivity contribution in [2.75, 3.05) is 0 Å². The summed E-state index contributed by atoms with van der Waals surface area (Å²) in [6.07, 6.45) is 4.19. The van der Waals surface area contributed by atoms with Gasteiger partial charge < -0.3 is 10.2 Å². The Bertz CT molecular complexity index is 255. The maximum Gasteiger partial charge on any atom is 0.0692 e. The van der Waals surface area contributed by atoms with Gasteiger partial charge in [-0.25, -0.2) is 0 Å². The summed E-state index contributed by atoms with van der Waals surface area (Å²) in [5, 5.41) is 19.3. The molecule has 0 amide bonds. The summed E-state index contributed by atoms with van der Waals surface area (Å²) in [4.78, 5) is 0. The quantitative estimate of drug-likeness (QED) is 0.711. The van der Waals surface area contributed by atoms with Crippen molar-refractivity contribution in [3.63, 3.8) is 0 Å². The molecule has 0 radical (unpaired) electrons. The number of hydrogen-bond donors (Lipinski definition) is 2. The van der Waals surface area contributed by atoms with Crippen molar-refractivity contribution >= 4 is 0 Å².